The quantitative estimate of drug-likeness (QED) is 0.692. The number of rotatable bonds is 5. The molecule has 2 unspecified atom stereocenters. The van der Waals surface area contributed by atoms with Crippen molar-refractivity contribution in [2.24, 2.45) is 0 Å². The van der Waals surface area contributed by atoms with E-state index < -0.39 is 12.0 Å². The van der Waals surface area contributed by atoms with Crippen LogP contribution in [0.25, 0.3) is 0 Å². The molecular formula is C16H19N4O4S+. The number of aromatic nitrogens is 2. The summed E-state index contributed by atoms with van der Waals surface area (Å²) in [4.78, 5) is 23.6. The van der Waals surface area contributed by atoms with E-state index in [0.29, 0.717) is 17.0 Å². The van der Waals surface area contributed by atoms with Crippen LogP contribution in [0.2, 0.25) is 0 Å². The van der Waals surface area contributed by atoms with Gasteiger partial charge in [-0.15, -0.1) is 11.8 Å². The largest absolute Gasteiger partial charge is 0.480 e. The van der Waals surface area contributed by atoms with Crippen LogP contribution in [0.3, 0.4) is 0 Å². The normalized spacial score (nSPS) is 20.0. The lowest BCUT2D eigenvalue weighted by atomic mass is 10.2. The molecule has 1 amide bonds. The van der Waals surface area contributed by atoms with Gasteiger partial charge in [-0.3, -0.25) is 24.7 Å². The summed E-state index contributed by atoms with van der Waals surface area (Å²) in [6, 6.07) is 8.12. The number of nitrogens with one attached hydrogen (secondary N) is 2. The number of amides is 1. The number of carbonyl (C=O) groups excluding carboxylic acids is 1. The van der Waals surface area contributed by atoms with Gasteiger partial charge in [0.1, 0.15) is 11.4 Å². The predicted molar refractivity (Wildman–Crippen MR) is 91.2 cm³/mol. The number of hydrogen-bond acceptors (Lipinski definition) is 6. The molecule has 2 atom stereocenters. The van der Waals surface area contributed by atoms with Crippen molar-refractivity contribution in [1.82, 2.24) is 10.6 Å². The van der Waals surface area contributed by atoms with Gasteiger partial charge in [-0.25, -0.2) is 0 Å². The zero-order valence-electron chi connectivity index (χ0n) is 13.8. The summed E-state index contributed by atoms with van der Waals surface area (Å²) in [5.74, 6) is -0.572. The van der Waals surface area contributed by atoms with Crippen molar-refractivity contribution in [2.45, 2.75) is 31.3 Å². The van der Waals surface area contributed by atoms with Crippen LogP contribution in [0, 0.1) is 0 Å². The summed E-state index contributed by atoms with van der Waals surface area (Å²) in [5, 5.41) is 18.6. The van der Waals surface area contributed by atoms with Gasteiger partial charge in [0, 0.05) is 25.2 Å². The number of carbonyl (C=O) groups is 2. The van der Waals surface area contributed by atoms with Crippen molar-refractivity contribution in [2.75, 3.05) is 11.1 Å². The van der Waals surface area contributed by atoms with Gasteiger partial charge in [0.25, 0.3) is 5.91 Å². The van der Waals surface area contributed by atoms with E-state index in [1.54, 1.807) is 28.9 Å². The molecule has 8 nitrogen and oxygen atoms in total. The van der Waals surface area contributed by atoms with E-state index in [4.69, 9.17) is 4.52 Å². The summed E-state index contributed by atoms with van der Waals surface area (Å²) in [5.41, 5.74) is 1.12. The Hall–Kier alpha value is -2.39. The van der Waals surface area contributed by atoms with Crippen LogP contribution >= 0.6 is 11.8 Å². The van der Waals surface area contributed by atoms with E-state index in [1.165, 1.54) is 11.8 Å². The van der Waals surface area contributed by atoms with Crippen molar-refractivity contribution in [3.63, 3.8) is 0 Å². The number of anilines is 1. The molecule has 1 aromatic heterocycles. The SMILES string of the molecule is CC(C)[n+]1noc(NC(=O)c2ccccc2)c1C1NC(C(=O)O)CS1. The Morgan fingerprint density at radius 3 is 2.72 bits per heavy atom. The molecular weight excluding hydrogens is 344 g/mol. The molecule has 1 aliphatic rings. The Bertz CT molecular complexity index is 778. The highest BCUT2D eigenvalue weighted by Gasteiger charge is 2.41. The van der Waals surface area contributed by atoms with Gasteiger partial charge in [0.15, 0.2) is 6.04 Å². The van der Waals surface area contributed by atoms with Crippen molar-refractivity contribution >= 4 is 29.5 Å². The number of nitrogens with zero attached hydrogens (tertiary/aromatic N) is 2. The molecule has 25 heavy (non-hydrogen) atoms. The molecule has 0 saturated carbocycles. The standard InChI is InChI=1S/C16H18N4O4S/c1-9(2)20-12(15-17-11(8-25-15)16(22)23)14(24-19-20)18-13(21)10-6-4-3-5-7-10/h3-7,9,11,15,17H,8H2,1-2H3,(H-,18,19,21,22,23)/p+1. The average Bonchev–Trinajstić information content (AvgIpc) is 3.22. The predicted octanol–water partition coefficient (Wildman–Crippen LogP) is 1.58. The first-order valence-electron chi connectivity index (χ1n) is 7.85. The van der Waals surface area contributed by atoms with Crippen molar-refractivity contribution < 1.29 is 23.9 Å². The smallest absolute Gasteiger partial charge is 0.321 e. The highest BCUT2D eigenvalue weighted by molar-refractivity contribution is 7.99. The minimum absolute atomic E-state index is 0.00703. The molecule has 9 heteroatoms. The molecule has 0 aliphatic carbocycles. The Morgan fingerprint density at radius 2 is 2.12 bits per heavy atom. The van der Waals surface area contributed by atoms with E-state index in [0.717, 1.165) is 0 Å². The van der Waals surface area contributed by atoms with Crippen LogP contribution < -0.4 is 15.3 Å². The number of hydrogen-bond donors (Lipinski definition) is 3. The van der Waals surface area contributed by atoms with Gasteiger partial charge < -0.3 is 5.11 Å². The lowest BCUT2D eigenvalue weighted by Gasteiger charge is -2.08. The van der Waals surface area contributed by atoms with Gasteiger partial charge in [-0.2, -0.15) is 0 Å². The summed E-state index contributed by atoms with van der Waals surface area (Å²) in [6.07, 6.45) is 0. The maximum atomic E-state index is 12.4. The topological polar surface area (TPSA) is 108 Å². The van der Waals surface area contributed by atoms with Crippen LogP contribution in [-0.4, -0.2) is 34.0 Å². The second-order valence-electron chi connectivity index (χ2n) is 5.92. The van der Waals surface area contributed by atoms with Crippen LogP contribution in [-0.2, 0) is 4.79 Å². The highest BCUT2D eigenvalue weighted by Crippen LogP contribution is 2.35. The first-order valence-corrected chi connectivity index (χ1v) is 8.90. The molecule has 0 bridgehead atoms. The monoisotopic (exact) mass is 363 g/mol. The average molecular weight is 363 g/mol. The lowest BCUT2D eigenvalue weighted by molar-refractivity contribution is -0.785. The molecule has 1 aromatic carbocycles. The molecule has 2 aromatic rings. The maximum absolute atomic E-state index is 12.4. The molecule has 3 rings (SSSR count). The fraction of sp³-hybridized carbons (Fsp3) is 0.375. The van der Waals surface area contributed by atoms with Gasteiger partial charge in [0.2, 0.25) is 5.27 Å². The zero-order valence-corrected chi connectivity index (χ0v) is 14.6. The summed E-state index contributed by atoms with van der Waals surface area (Å²) in [7, 11) is 0. The van der Waals surface area contributed by atoms with Crippen LogP contribution in [0.15, 0.2) is 34.9 Å². The van der Waals surface area contributed by atoms with Crippen molar-refractivity contribution in [1.29, 1.82) is 0 Å². The Morgan fingerprint density at radius 1 is 1.40 bits per heavy atom. The van der Waals surface area contributed by atoms with Crippen molar-refractivity contribution in [3.05, 3.63) is 41.6 Å². The summed E-state index contributed by atoms with van der Waals surface area (Å²) < 4.78 is 6.99. The van der Waals surface area contributed by atoms with E-state index in [2.05, 4.69) is 15.9 Å². The molecule has 132 valence electrons. The molecule has 1 saturated heterocycles. The highest BCUT2D eigenvalue weighted by atomic mass is 32.2. The number of aliphatic carboxylic acids is 1. The van der Waals surface area contributed by atoms with Crippen LogP contribution in [0.4, 0.5) is 5.88 Å². The number of carboxylic acids is 1. The molecule has 2 heterocycles. The number of benzene rings is 1. The van der Waals surface area contributed by atoms with E-state index in [1.807, 2.05) is 19.9 Å². The summed E-state index contributed by atoms with van der Waals surface area (Å²) in [6.45, 7) is 3.87. The Kier molecular flexibility index (Phi) is 5.05. The molecule has 0 spiro atoms. The number of thioether (sulfide) groups is 1. The van der Waals surface area contributed by atoms with E-state index in [-0.39, 0.29) is 23.2 Å². The zero-order chi connectivity index (χ0) is 18.0. The molecule has 1 fully saturated rings. The number of carboxylic acid groups (broad SMARTS) is 1. The van der Waals surface area contributed by atoms with Crippen LogP contribution in [0.5, 0.6) is 0 Å². The maximum Gasteiger partial charge on any atom is 0.321 e. The lowest BCUT2D eigenvalue weighted by Crippen LogP contribution is -2.45. The first-order chi connectivity index (χ1) is 12.0. The van der Waals surface area contributed by atoms with Gasteiger partial charge in [-0.05, 0) is 16.8 Å². The Labute approximate surface area is 148 Å². The van der Waals surface area contributed by atoms with E-state index in [9.17, 15) is 14.7 Å². The van der Waals surface area contributed by atoms with Gasteiger partial charge in [-0.1, -0.05) is 18.2 Å². The van der Waals surface area contributed by atoms with E-state index >= 15 is 0 Å². The minimum Gasteiger partial charge on any atom is -0.480 e. The first kappa shape index (κ1) is 17.4. The van der Waals surface area contributed by atoms with Gasteiger partial charge in [0.05, 0.1) is 0 Å². The minimum atomic E-state index is -0.905. The third kappa shape index (κ3) is 3.67. The summed E-state index contributed by atoms with van der Waals surface area (Å²) >= 11 is 1.44. The third-order valence-corrected chi connectivity index (χ3v) is 5.00. The molecule has 0 radical (unpaired) electrons. The third-order valence-electron chi connectivity index (χ3n) is 3.78. The molecule has 1 aliphatic heterocycles. The second-order valence-corrected chi connectivity index (χ2v) is 7.05. The molecule has 3 N–H and O–H groups in total. The fourth-order valence-electron chi connectivity index (χ4n) is 2.51. The van der Waals surface area contributed by atoms with Crippen molar-refractivity contribution in [3.8, 4) is 0 Å². The van der Waals surface area contributed by atoms with Gasteiger partial charge >= 0.3 is 17.5 Å². The van der Waals surface area contributed by atoms with Crippen LogP contribution in [0.1, 0.15) is 41.3 Å². The second kappa shape index (κ2) is 7.24. The Balaban J connectivity index is 1.88. The fourth-order valence-corrected chi connectivity index (χ4v) is 3.77.